The summed E-state index contributed by atoms with van der Waals surface area (Å²) in [6, 6.07) is 6.59. The molecular weight excluding hydrogens is 267 g/mol. The van der Waals surface area contributed by atoms with Crippen molar-refractivity contribution in [1.29, 1.82) is 0 Å². The maximum Gasteiger partial charge on any atom is 0.150 e. The highest BCUT2D eigenvalue weighted by atomic mass is 32.2. The zero-order chi connectivity index (χ0) is 13.0. The summed E-state index contributed by atoms with van der Waals surface area (Å²) in [6.45, 7) is 2.06. The van der Waals surface area contributed by atoms with Crippen LogP contribution in [0.5, 0.6) is 0 Å². The number of rotatable bonds is 5. The van der Waals surface area contributed by atoms with Gasteiger partial charge in [0, 0.05) is 17.6 Å². The van der Waals surface area contributed by atoms with Gasteiger partial charge in [0.2, 0.25) is 0 Å². The van der Waals surface area contributed by atoms with Crippen molar-refractivity contribution in [3.8, 4) is 0 Å². The van der Waals surface area contributed by atoms with E-state index >= 15 is 0 Å². The van der Waals surface area contributed by atoms with Crippen molar-refractivity contribution < 1.29 is 4.39 Å². The van der Waals surface area contributed by atoms with Gasteiger partial charge in [-0.3, -0.25) is 0 Å². The van der Waals surface area contributed by atoms with E-state index in [9.17, 15) is 4.39 Å². The van der Waals surface area contributed by atoms with Crippen LogP contribution in [0.2, 0.25) is 0 Å². The molecule has 0 radical (unpaired) electrons. The third kappa shape index (κ3) is 3.31. The fourth-order valence-corrected chi connectivity index (χ4v) is 3.71. The molecule has 2 rings (SSSR count). The molecule has 2 aromatic rings. The Balaban J connectivity index is 2.22. The van der Waals surface area contributed by atoms with Gasteiger partial charge in [-0.2, -0.15) is 0 Å². The Labute approximate surface area is 114 Å². The van der Waals surface area contributed by atoms with Gasteiger partial charge < -0.3 is 5.73 Å². The summed E-state index contributed by atoms with van der Waals surface area (Å²) in [6.07, 6.45) is 2.66. The number of nitrogens with zero attached hydrogens (tertiary/aromatic N) is 1. The highest BCUT2D eigenvalue weighted by Gasteiger charge is 2.21. The zero-order valence-electron chi connectivity index (χ0n) is 10.0. The number of hydrogen-bond donors (Lipinski definition) is 1. The average Bonchev–Trinajstić information content (AvgIpc) is 2.89. The van der Waals surface area contributed by atoms with Crippen LogP contribution in [0, 0.1) is 5.82 Å². The number of hydrogen-bond acceptors (Lipinski definition) is 4. The molecule has 0 amide bonds. The summed E-state index contributed by atoms with van der Waals surface area (Å²) in [5.74, 6) is -0.221. The Morgan fingerprint density at radius 2 is 2.11 bits per heavy atom. The smallest absolute Gasteiger partial charge is 0.150 e. The Hall–Kier alpha value is -0.910. The first-order valence-corrected chi connectivity index (χ1v) is 7.54. The van der Waals surface area contributed by atoms with E-state index in [1.165, 1.54) is 12.1 Å². The monoisotopic (exact) mass is 282 g/mol. The quantitative estimate of drug-likeness (QED) is 0.847. The van der Waals surface area contributed by atoms with Crippen LogP contribution in [0.3, 0.4) is 0 Å². The topological polar surface area (TPSA) is 38.9 Å². The second-order valence-electron chi connectivity index (χ2n) is 3.96. The fraction of sp³-hybridized carbons (Fsp3) is 0.308. The summed E-state index contributed by atoms with van der Waals surface area (Å²) < 4.78 is 14.0. The lowest BCUT2D eigenvalue weighted by Gasteiger charge is -2.21. The summed E-state index contributed by atoms with van der Waals surface area (Å²) in [5.41, 5.74) is 7.21. The number of halogens is 1. The number of benzene rings is 1. The molecule has 0 bridgehead atoms. The first kappa shape index (κ1) is 13.5. The molecule has 2 nitrogen and oxygen atoms in total. The lowest BCUT2D eigenvalue weighted by molar-refractivity contribution is 0.617. The van der Waals surface area contributed by atoms with Crippen LogP contribution in [0.1, 0.15) is 24.2 Å². The minimum atomic E-state index is -0.221. The van der Waals surface area contributed by atoms with Crippen LogP contribution < -0.4 is 5.73 Å². The Bertz CT molecular complexity index is 470. The van der Waals surface area contributed by atoms with E-state index in [0.29, 0.717) is 0 Å². The predicted octanol–water partition coefficient (Wildman–Crippen LogP) is 3.85. The SMILES string of the molecule is CCC(N)C(Sc1nccs1)c1ccc(F)cc1. The Kier molecular flexibility index (Phi) is 4.74. The third-order valence-electron chi connectivity index (χ3n) is 2.70. The third-order valence-corrected chi connectivity index (χ3v) is 5.02. The van der Waals surface area contributed by atoms with E-state index in [1.54, 1.807) is 41.4 Å². The second kappa shape index (κ2) is 6.31. The molecular formula is C13H15FN2S2. The second-order valence-corrected chi connectivity index (χ2v) is 6.24. The molecule has 0 aliphatic heterocycles. The van der Waals surface area contributed by atoms with E-state index in [0.717, 1.165) is 16.3 Å². The molecule has 5 heteroatoms. The predicted molar refractivity (Wildman–Crippen MR) is 75.4 cm³/mol. The van der Waals surface area contributed by atoms with Gasteiger partial charge in [-0.05, 0) is 24.1 Å². The van der Waals surface area contributed by atoms with E-state index in [2.05, 4.69) is 11.9 Å². The Morgan fingerprint density at radius 3 is 2.67 bits per heavy atom. The van der Waals surface area contributed by atoms with Gasteiger partial charge >= 0.3 is 0 Å². The summed E-state index contributed by atoms with van der Waals surface area (Å²) in [5, 5.41) is 2.06. The van der Waals surface area contributed by atoms with E-state index < -0.39 is 0 Å². The highest BCUT2D eigenvalue weighted by molar-refractivity contribution is 8.01. The highest BCUT2D eigenvalue weighted by Crippen LogP contribution is 2.38. The summed E-state index contributed by atoms with van der Waals surface area (Å²) in [4.78, 5) is 4.27. The molecule has 0 spiro atoms. The van der Waals surface area contributed by atoms with Crippen LogP contribution in [0.25, 0.3) is 0 Å². The lowest BCUT2D eigenvalue weighted by Crippen LogP contribution is -2.25. The molecule has 18 heavy (non-hydrogen) atoms. The van der Waals surface area contributed by atoms with Crippen molar-refractivity contribution in [2.75, 3.05) is 0 Å². The van der Waals surface area contributed by atoms with E-state index in [-0.39, 0.29) is 17.1 Å². The van der Waals surface area contributed by atoms with Crippen LogP contribution in [0.4, 0.5) is 4.39 Å². The first-order chi connectivity index (χ1) is 8.70. The molecule has 0 saturated carbocycles. The zero-order valence-corrected chi connectivity index (χ0v) is 11.7. The standard InChI is InChI=1S/C13H15FN2S2/c1-2-11(15)12(18-13-16-7-8-17-13)9-3-5-10(14)6-4-9/h3-8,11-12H,2,15H2,1H3. The van der Waals surface area contributed by atoms with Gasteiger partial charge in [-0.15, -0.1) is 11.3 Å². The molecule has 2 N–H and O–H groups in total. The lowest BCUT2D eigenvalue weighted by atomic mass is 10.0. The van der Waals surface area contributed by atoms with Crippen LogP contribution >= 0.6 is 23.1 Å². The molecule has 2 atom stereocenters. The number of thioether (sulfide) groups is 1. The van der Waals surface area contributed by atoms with Crippen LogP contribution in [0.15, 0.2) is 40.2 Å². The normalized spacial score (nSPS) is 14.4. The maximum atomic E-state index is 13.0. The van der Waals surface area contributed by atoms with Crippen molar-refractivity contribution in [2.45, 2.75) is 29.0 Å². The van der Waals surface area contributed by atoms with Crippen molar-refractivity contribution in [3.63, 3.8) is 0 Å². The van der Waals surface area contributed by atoms with Crippen molar-refractivity contribution in [3.05, 3.63) is 47.2 Å². The fourth-order valence-electron chi connectivity index (χ4n) is 1.65. The molecule has 96 valence electrons. The molecule has 0 aliphatic carbocycles. The summed E-state index contributed by atoms with van der Waals surface area (Å²) >= 11 is 3.25. The Morgan fingerprint density at radius 1 is 1.39 bits per heavy atom. The summed E-state index contributed by atoms with van der Waals surface area (Å²) in [7, 11) is 0. The van der Waals surface area contributed by atoms with Gasteiger partial charge in [0.1, 0.15) is 10.2 Å². The largest absolute Gasteiger partial charge is 0.326 e. The van der Waals surface area contributed by atoms with Gasteiger partial charge in [-0.1, -0.05) is 30.8 Å². The minimum absolute atomic E-state index is 0.0318. The molecule has 0 aliphatic rings. The average molecular weight is 282 g/mol. The van der Waals surface area contributed by atoms with Gasteiger partial charge in [0.15, 0.2) is 0 Å². The molecule has 0 saturated heterocycles. The first-order valence-electron chi connectivity index (χ1n) is 5.78. The minimum Gasteiger partial charge on any atom is -0.326 e. The molecule has 2 unspecified atom stereocenters. The van der Waals surface area contributed by atoms with Crippen molar-refractivity contribution in [1.82, 2.24) is 4.98 Å². The number of thiazole rings is 1. The van der Waals surface area contributed by atoms with Crippen molar-refractivity contribution >= 4 is 23.1 Å². The molecule has 0 fully saturated rings. The molecule has 1 heterocycles. The maximum absolute atomic E-state index is 13.0. The van der Waals surface area contributed by atoms with Gasteiger partial charge in [0.05, 0.1) is 5.25 Å². The van der Waals surface area contributed by atoms with Crippen LogP contribution in [-0.2, 0) is 0 Å². The van der Waals surface area contributed by atoms with Crippen molar-refractivity contribution in [2.24, 2.45) is 5.73 Å². The van der Waals surface area contributed by atoms with Gasteiger partial charge in [0.25, 0.3) is 0 Å². The van der Waals surface area contributed by atoms with E-state index in [1.807, 2.05) is 5.38 Å². The molecule has 1 aromatic carbocycles. The molecule has 1 aromatic heterocycles. The van der Waals surface area contributed by atoms with Crippen LogP contribution in [-0.4, -0.2) is 11.0 Å². The number of aromatic nitrogens is 1. The van der Waals surface area contributed by atoms with Gasteiger partial charge in [-0.25, -0.2) is 9.37 Å². The van der Waals surface area contributed by atoms with E-state index in [4.69, 9.17) is 5.73 Å². The number of nitrogens with two attached hydrogens (primary N) is 1.